The van der Waals surface area contributed by atoms with Crippen LogP contribution in [0.2, 0.25) is 0 Å². The predicted octanol–water partition coefficient (Wildman–Crippen LogP) is 1.55. The minimum atomic E-state index is -0.833. The summed E-state index contributed by atoms with van der Waals surface area (Å²) in [4.78, 5) is 22.7. The van der Waals surface area contributed by atoms with Crippen LogP contribution < -0.4 is 21.3 Å². The van der Waals surface area contributed by atoms with E-state index in [-0.39, 0.29) is 39.6 Å². The Hall–Kier alpha value is -3.57. The molecule has 242 valence electrons. The lowest BCUT2D eigenvalue weighted by Gasteiger charge is -2.33. The van der Waals surface area contributed by atoms with E-state index in [0.29, 0.717) is 78.7 Å². The lowest BCUT2D eigenvalue weighted by Crippen LogP contribution is -2.44. The smallest absolute Gasteiger partial charge is 0.228 e. The highest BCUT2D eigenvalue weighted by Gasteiger charge is 2.32. The molecule has 0 radical (unpaired) electrons. The maximum absolute atomic E-state index is 12.0. The molecule has 21 nitrogen and oxygen atoms in total. The zero-order valence-corrected chi connectivity index (χ0v) is 24.7. The lowest BCUT2D eigenvalue weighted by atomic mass is 9.92. The van der Waals surface area contributed by atoms with E-state index in [4.69, 9.17) is 41.1 Å². The largest absolute Gasteiger partial charge is 0.379 e. The number of ether oxygens (including phenoxy) is 4. The normalized spacial score (nSPS) is 12.5. The van der Waals surface area contributed by atoms with Crippen molar-refractivity contribution in [2.24, 2.45) is 25.9 Å². The van der Waals surface area contributed by atoms with Crippen LogP contribution in [-0.2, 0) is 23.7 Å². The molecule has 1 unspecified atom stereocenters. The molecule has 0 heterocycles. The van der Waals surface area contributed by atoms with Crippen molar-refractivity contribution in [1.29, 1.82) is 0 Å². The summed E-state index contributed by atoms with van der Waals surface area (Å²) in [7, 11) is 0. The number of nitrogens with zero attached hydrogens (tertiary/aromatic N) is 12. The summed E-state index contributed by atoms with van der Waals surface area (Å²) in [5, 5.41) is 25.8. The number of carbonyl (C=O) groups is 1. The van der Waals surface area contributed by atoms with Crippen LogP contribution >= 0.6 is 0 Å². The van der Waals surface area contributed by atoms with Gasteiger partial charge < -0.3 is 40.2 Å². The summed E-state index contributed by atoms with van der Waals surface area (Å²) >= 11 is 0. The topological polar surface area (TPSA) is 297 Å². The molecule has 4 N–H and O–H groups in total. The molecule has 0 fully saturated rings. The van der Waals surface area contributed by atoms with Crippen LogP contribution in [0.3, 0.4) is 0 Å². The maximum Gasteiger partial charge on any atom is 0.228 e. The SMILES string of the molecule is CC(N=[N+]=[N-])C(=O)NCCOCC(COCCNCCN=[N+]=[N-])(COCCNCCN=[N+]=[N-])COCCNCCN=[N+]=[N-]. The minimum absolute atomic E-state index is 0.194. The Bertz CT molecular complexity index is 838. The number of carbonyl (C=O) groups excluding carboxylic acids is 1. The first-order valence-electron chi connectivity index (χ1n) is 13.8. The molecule has 0 aliphatic heterocycles. The van der Waals surface area contributed by atoms with Crippen LogP contribution in [0, 0.1) is 5.41 Å². The number of amides is 1. The molecule has 0 aromatic rings. The van der Waals surface area contributed by atoms with Crippen LogP contribution in [-0.4, -0.2) is 130 Å². The van der Waals surface area contributed by atoms with E-state index in [0.717, 1.165) is 0 Å². The molecule has 0 saturated heterocycles. The van der Waals surface area contributed by atoms with Crippen LogP contribution in [0.4, 0.5) is 0 Å². The molecule has 1 atom stereocenters. The third-order valence-corrected chi connectivity index (χ3v) is 5.41. The number of azide groups is 4. The third kappa shape index (κ3) is 24.7. The van der Waals surface area contributed by atoms with Gasteiger partial charge in [-0.25, -0.2) is 0 Å². The molecule has 0 aromatic carbocycles. The van der Waals surface area contributed by atoms with E-state index in [9.17, 15) is 4.79 Å². The third-order valence-electron chi connectivity index (χ3n) is 5.41. The highest BCUT2D eigenvalue weighted by atomic mass is 16.5. The van der Waals surface area contributed by atoms with E-state index in [1.54, 1.807) is 0 Å². The van der Waals surface area contributed by atoms with Crippen molar-refractivity contribution in [3.8, 4) is 0 Å². The van der Waals surface area contributed by atoms with Gasteiger partial charge >= 0.3 is 0 Å². The molecule has 1 amide bonds. The Labute approximate surface area is 250 Å². The van der Waals surface area contributed by atoms with Gasteiger partial charge in [-0.15, -0.1) is 0 Å². The van der Waals surface area contributed by atoms with Gasteiger partial charge in [-0.05, 0) is 29.0 Å². The second-order valence-corrected chi connectivity index (χ2v) is 9.00. The molecule has 0 aromatic heterocycles. The maximum atomic E-state index is 12.0. The van der Waals surface area contributed by atoms with Gasteiger partial charge in [0.1, 0.15) is 6.04 Å². The average Bonchev–Trinajstić information content (AvgIpc) is 3.00. The number of hydrogen-bond donors (Lipinski definition) is 4. The number of hydrogen-bond acceptors (Lipinski definition) is 12. The van der Waals surface area contributed by atoms with E-state index in [2.05, 4.69) is 61.4 Å². The second-order valence-electron chi connectivity index (χ2n) is 9.00. The van der Waals surface area contributed by atoms with Crippen molar-refractivity contribution < 1.29 is 23.7 Å². The van der Waals surface area contributed by atoms with Crippen molar-refractivity contribution in [1.82, 2.24) is 21.3 Å². The summed E-state index contributed by atoms with van der Waals surface area (Å²) in [6.07, 6.45) is 0. The van der Waals surface area contributed by atoms with Crippen LogP contribution in [0.15, 0.2) is 20.5 Å². The van der Waals surface area contributed by atoms with Crippen LogP contribution in [0.25, 0.3) is 41.8 Å². The second kappa shape index (κ2) is 29.9. The Balaban J connectivity index is 5.10. The van der Waals surface area contributed by atoms with Gasteiger partial charge in [0.15, 0.2) is 0 Å². The average molecular weight is 613 g/mol. The van der Waals surface area contributed by atoms with Gasteiger partial charge in [0, 0.05) is 85.1 Å². The summed E-state index contributed by atoms with van der Waals surface area (Å²) in [5.41, 5.74) is 32.9. The van der Waals surface area contributed by atoms with Gasteiger partial charge in [0.25, 0.3) is 0 Å². The van der Waals surface area contributed by atoms with Gasteiger partial charge in [-0.2, -0.15) is 0 Å². The van der Waals surface area contributed by atoms with Crippen LogP contribution in [0.5, 0.6) is 0 Å². The summed E-state index contributed by atoms with van der Waals surface area (Å²) in [6.45, 7) is 8.20. The molecule has 0 aliphatic rings. The van der Waals surface area contributed by atoms with Gasteiger partial charge in [0.05, 0.1) is 58.3 Å². The molecule has 0 aliphatic carbocycles. The Morgan fingerprint density at radius 2 is 1.00 bits per heavy atom. The standard InChI is InChI=1S/C22H44N16O5/c1-20(34-38-26)21(39)30-11-15-43-19-22(16-40-12-8-27-2-5-31-35-23,17-41-13-9-28-3-6-32-36-24)18-42-14-10-29-4-7-33-37-25/h20,27-29H,2-19H2,1H3,(H,30,39). The van der Waals surface area contributed by atoms with Crippen molar-refractivity contribution >= 4 is 5.91 Å². The highest BCUT2D eigenvalue weighted by Crippen LogP contribution is 2.20. The van der Waals surface area contributed by atoms with Gasteiger partial charge in [-0.1, -0.05) is 20.5 Å². The van der Waals surface area contributed by atoms with Gasteiger partial charge in [0.2, 0.25) is 5.91 Å². The van der Waals surface area contributed by atoms with E-state index in [1.165, 1.54) is 6.92 Å². The van der Waals surface area contributed by atoms with E-state index >= 15 is 0 Å². The van der Waals surface area contributed by atoms with Crippen molar-refractivity contribution in [2.45, 2.75) is 13.0 Å². The zero-order valence-electron chi connectivity index (χ0n) is 24.7. The van der Waals surface area contributed by atoms with Crippen molar-refractivity contribution in [3.05, 3.63) is 41.8 Å². The highest BCUT2D eigenvalue weighted by molar-refractivity contribution is 5.81. The molecule has 0 saturated carbocycles. The van der Waals surface area contributed by atoms with E-state index in [1.807, 2.05) is 0 Å². The number of rotatable bonds is 31. The zero-order chi connectivity index (χ0) is 31.7. The molecule has 0 bridgehead atoms. The first-order chi connectivity index (χ1) is 21.0. The first kappa shape index (κ1) is 39.4. The van der Waals surface area contributed by atoms with E-state index < -0.39 is 17.4 Å². The van der Waals surface area contributed by atoms with Gasteiger partial charge in [-0.3, -0.25) is 4.79 Å². The molecular formula is C22H44N16O5. The molecule has 0 rings (SSSR count). The lowest BCUT2D eigenvalue weighted by molar-refractivity contribution is -0.123. The summed E-state index contributed by atoms with van der Waals surface area (Å²) in [6, 6.07) is -0.833. The Morgan fingerprint density at radius 1 is 0.628 bits per heavy atom. The summed E-state index contributed by atoms with van der Waals surface area (Å²) in [5.74, 6) is -0.406. The first-order valence-corrected chi connectivity index (χ1v) is 13.8. The van der Waals surface area contributed by atoms with Crippen molar-refractivity contribution in [2.75, 3.05) is 118 Å². The fourth-order valence-corrected chi connectivity index (χ4v) is 3.26. The van der Waals surface area contributed by atoms with Crippen molar-refractivity contribution in [3.63, 3.8) is 0 Å². The fraction of sp³-hybridized carbons (Fsp3) is 0.955. The molecule has 43 heavy (non-hydrogen) atoms. The quantitative estimate of drug-likeness (QED) is 0.0384. The number of nitrogens with one attached hydrogen (secondary N) is 4. The molecule has 21 heteroatoms. The fourth-order valence-electron chi connectivity index (χ4n) is 3.26. The summed E-state index contributed by atoms with van der Waals surface area (Å²) < 4.78 is 23.8. The molecular weight excluding hydrogens is 568 g/mol. The minimum Gasteiger partial charge on any atom is -0.379 e. The monoisotopic (exact) mass is 612 g/mol. The van der Waals surface area contributed by atoms with Crippen LogP contribution in [0.1, 0.15) is 6.92 Å². The Morgan fingerprint density at radius 3 is 1.35 bits per heavy atom. The Kier molecular flexibility index (Phi) is 27.4. The molecule has 0 spiro atoms. The predicted molar refractivity (Wildman–Crippen MR) is 158 cm³/mol.